The van der Waals surface area contributed by atoms with E-state index in [4.69, 9.17) is 4.74 Å². The van der Waals surface area contributed by atoms with Crippen molar-refractivity contribution in [3.8, 4) is 0 Å². The molecule has 1 nitrogen and oxygen atoms in total. The first-order valence-corrected chi connectivity index (χ1v) is 3.70. The molecule has 55 valence electrons. The van der Waals surface area contributed by atoms with Gasteiger partial charge in [0.05, 0.1) is 6.61 Å². The third-order valence-corrected chi connectivity index (χ3v) is 1.15. The third-order valence-electron chi connectivity index (χ3n) is 1.15. The Hall–Kier alpha value is -0.0400. The first-order valence-electron chi connectivity index (χ1n) is 3.70. The maximum absolute atomic E-state index is 5.06. The molecule has 0 N–H and O–H groups in total. The van der Waals surface area contributed by atoms with E-state index in [0.29, 0.717) is 0 Å². The molecule has 0 aliphatic rings. The van der Waals surface area contributed by atoms with Crippen LogP contribution in [0, 0.1) is 12.5 Å². The standard InChI is InChI=1S/C8H17O/c1-4-9-7-5-6-8(2)3/h7-8H,4-6H2,1-3H3. The van der Waals surface area contributed by atoms with Crippen molar-refractivity contribution in [2.45, 2.75) is 33.6 Å². The van der Waals surface area contributed by atoms with Gasteiger partial charge in [0.25, 0.3) is 0 Å². The van der Waals surface area contributed by atoms with Crippen molar-refractivity contribution in [2.24, 2.45) is 5.92 Å². The molecule has 0 aliphatic heterocycles. The Morgan fingerprint density at radius 1 is 1.44 bits per heavy atom. The van der Waals surface area contributed by atoms with E-state index in [9.17, 15) is 0 Å². The highest BCUT2D eigenvalue weighted by Crippen LogP contribution is 2.05. The van der Waals surface area contributed by atoms with Crippen LogP contribution in [0.5, 0.6) is 0 Å². The lowest BCUT2D eigenvalue weighted by Crippen LogP contribution is -1.90. The summed E-state index contributed by atoms with van der Waals surface area (Å²) in [6, 6.07) is 0. The molecule has 0 aromatic carbocycles. The lowest BCUT2D eigenvalue weighted by Gasteiger charge is -2.02. The van der Waals surface area contributed by atoms with Crippen LogP contribution in [0.3, 0.4) is 0 Å². The van der Waals surface area contributed by atoms with E-state index in [-0.39, 0.29) is 0 Å². The van der Waals surface area contributed by atoms with E-state index >= 15 is 0 Å². The van der Waals surface area contributed by atoms with Crippen molar-refractivity contribution >= 4 is 0 Å². The molecule has 0 saturated heterocycles. The Morgan fingerprint density at radius 2 is 2.11 bits per heavy atom. The minimum absolute atomic E-state index is 0.793. The molecule has 0 spiro atoms. The predicted molar refractivity (Wildman–Crippen MR) is 40.0 cm³/mol. The van der Waals surface area contributed by atoms with Crippen molar-refractivity contribution in [2.75, 3.05) is 6.61 Å². The normalized spacial score (nSPS) is 10.7. The summed E-state index contributed by atoms with van der Waals surface area (Å²) >= 11 is 0. The van der Waals surface area contributed by atoms with Gasteiger partial charge in [0.15, 0.2) is 0 Å². The fourth-order valence-electron chi connectivity index (χ4n) is 0.603. The molecule has 0 atom stereocenters. The molecule has 0 amide bonds. The van der Waals surface area contributed by atoms with Crippen LogP contribution in [0.4, 0.5) is 0 Å². The van der Waals surface area contributed by atoms with Crippen molar-refractivity contribution < 1.29 is 4.74 Å². The van der Waals surface area contributed by atoms with Crippen LogP contribution in [-0.2, 0) is 4.74 Å². The molecule has 0 aromatic heterocycles. The van der Waals surface area contributed by atoms with E-state index in [0.717, 1.165) is 18.9 Å². The van der Waals surface area contributed by atoms with Gasteiger partial charge < -0.3 is 4.74 Å². The summed E-state index contributed by atoms with van der Waals surface area (Å²) in [6.07, 6.45) is 2.32. The van der Waals surface area contributed by atoms with E-state index in [1.54, 1.807) is 0 Å². The highest BCUT2D eigenvalue weighted by Gasteiger charge is 1.92. The first kappa shape index (κ1) is 8.96. The zero-order valence-corrected chi connectivity index (χ0v) is 6.68. The zero-order valence-electron chi connectivity index (χ0n) is 6.68. The summed E-state index contributed by atoms with van der Waals surface area (Å²) in [7, 11) is 0. The number of ether oxygens (including phenoxy) is 1. The van der Waals surface area contributed by atoms with Crippen LogP contribution in [-0.4, -0.2) is 6.61 Å². The van der Waals surface area contributed by atoms with Crippen LogP contribution >= 0.6 is 0 Å². The monoisotopic (exact) mass is 129 g/mol. The lowest BCUT2D eigenvalue weighted by atomic mass is 10.1. The van der Waals surface area contributed by atoms with Crippen LogP contribution in [0.25, 0.3) is 0 Å². The fraction of sp³-hybridized carbons (Fsp3) is 0.875. The van der Waals surface area contributed by atoms with Gasteiger partial charge >= 0.3 is 0 Å². The van der Waals surface area contributed by atoms with Crippen molar-refractivity contribution in [3.05, 3.63) is 6.61 Å². The van der Waals surface area contributed by atoms with Gasteiger partial charge in [0, 0.05) is 6.61 Å². The molecule has 0 unspecified atom stereocenters. The van der Waals surface area contributed by atoms with Crippen LogP contribution < -0.4 is 0 Å². The molecule has 0 saturated carbocycles. The van der Waals surface area contributed by atoms with Crippen LogP contribution in [0.2, 0.25) is 0 Å². The minimum Gasteiger partial charge on any atom is -0.376 e. The highest BCUT2D eigenvalue weighted by molar-refractivity contribution is 4.52. The second kappa shape index (κ2) is 6.09. The Morgan fingerprint density at radius 3 is 2.56 bits per heavy atom. The van der Waals surface area contributed by atoms with E-state index in [1.807, 2.05) is 13.5 Å². The molecule has 0 heterocycles. The summed E-state index contributed by atoms with van der Waals surface area (Å²) in [5.74, 6) is 0.793. The molecular formula is C8H17O. The van der Waals surface area contributed by atoms with E-state index < -0.39 is 0 Å². The Kier molecular flexibility index (Phi) is 6.06. The highest BCUT2D eigenvalue weighted by atomic mass is 16.5. The Bertz CT molecular complexity index is 50.5. The predicted octanol–water partition coefficient (Wildman–Crippen LogP) is 2.62. The molecule has 1 radical (unpaired) electrons. The van der Waals surface area contributed by atoms with Gasteiger partial charge in [0.1, 0.15) is 0 Å². The van der Waals surface area contributed by atoms with Gasteiger partial charge in [-0.1, -0.05) is 13.8 Å². The average molecular weight is 129 g/mol. The SMILES string of the molecule is CCO[CH]CCC(C)C. The molecule has 0 rings (SSSR count). The first-order chi connectivity index (χ1) is 4.27. The Labute approximate surface area is 58.4 Å². The summed E-state index contributed by atoms with van der Waals surface area (Å²) < 4.78 is 5.06. The number of rotatable bonds is 5. The quantitative estimate of drug-likeness (QED) is 0.518. The van der Waals surface area contributed by atoms with Crippen LogP contribution in [0.1, 0.15) is 33.6 Å². The van der Waals surface area contributed by atoms with Crippen molar-refractivity contribution in [1.29, 1.82) is 0 Å². The molecule has 1 heteroatoms. The molecule has 0 bridgehead atoms. The second-order valence-corrected chi connectivity index (χ2v) is 2.59. The number of hydrogen-bond acceptors (Lipinski definition) is 1. The maximum atomic E-state index is 5.06. The van der Waals surface area contributed by atoms with Gasteiger partial charge in [-0.2, -0.15) is 0 Å². The van der Waals surface area contributed by atoms with E-state index in [2.05, 4.69) is 13.8 Å². The lowest BCUT2D eigenvalue weighted by molar-refractivity contribution is 0.203. The van der Waals surface area contributed by atoms with Gasteiger partial charge in [-0.3, -0.25) is 0 Å². The fourth-order valence-corrected chi connectivity index (χ4v) is 0.603. The topological polar surface area (TPSA) is 9.23 Å². The molecule has 0 aromatic rings. The minimum atomic E-state index is 0.793. The Balaban J connectivity index is 2.75. The summed E-state index contributed by atoms with van der Waals surface area (Å²) in [6.45, 7) is 9.16. The van der Waals surface area contributed by atoms with Crippen LogP contribution in [0.15, 0.2) is 0 Å². The molecule has 0 fully saturated rings. The average Bonchev–Trinajstić information content (AvgIpc) is 1.80. The van der Waals surface area contributed by atoms with Crippen molar-refractivity contribution in [3.63, 3.8) is 0 Å². The maximum Gasteiger partial charge on any atom is 0.0836 e. The molecular weight excluding hydrogens is 112 g/mol. The van der Waals surface area contributed by atoms with Gasteiger partial charge in [0.2, 0.25) is 0 Å². The zero-order chi connectivity index (χ0) is 7.11. The van der Waals surface area contributed by atoms with Gasteiger partial charge in [-0.25, -0.2) is 0 Å². The summed E-state index contributed by atoms with van der Waals surface area (Å²) in [5, 5.41) is 0. The summed E-state index contributed by atoms with van der Waals surface area (Å²) in [5.41, 5.74) is 0. The van der Waals surface area contributed by atoms with Gasteiger partial charge in [-0.05, 0) is 25.7 Å². The van der Waals surface area contributed by atoms with Gasteiger partial charge in [-0.15, -0.1) is 0 Å². The molecule has 0 aliphatic carbocycles. The van der Waals surface area contributed by atoms with Crippen molar-refractivity contribution in [1.82, 2.24) is 0 Å². The second-order valence-electron chi connectivity index (χ2n) is 2.59. The van der Waals surface area contributed by atoms with E-state index in [1.165, 1.54) is 6.42 Å². The number of hydrogen-bond donors (Lipinski definition) is 0. The summed E-state index contributed by atoms with van der Waals surface area (Å²) in [4.78, 5) is 0. The molecule has 9 heavy (non-hydrogen) atoms. The largest absolute Gasteiger partial charge is 0.376 e. The smallest absolute Gasteiger partial charge is 0.0836 e. The third kappa shape index (κ3) is 7.96.